The zero-order valence-electron chi connectivity index (χ0n) is 14.1. The van der Waals surface area contributed by atoms with Crippen LogP contribution >= 0.6 is 0 Å². The van der Waals surface area contributed by atoms with Gasteiger partial charge >= 0.3 is 5.97 Å². The quantitative estimate of drug-likeness (QED) is 0.796. The standard InChI is InChI=1S/C18H22N2O5/c1-25-18(24)15-11(9-21)13-8-19-12(6-3-7-14(19)22)16(15)20(13)17(23)10-4-2-5-10/h3,6-7,10-11,13,15-16,21H,2,4-5,8-9H2,1H3/t11-,13-,15+,16+/m0/s1. The summed E-state index contributed by atoms with van der Waals surface area (Å²) >= 11 is 0. The second-order valence-corrected chi connectivity index (χ2v) is 7.18. The second kappa shape index (κ2) is 5.98. The number of aromatic nitrogens is 1. The predicted octanol–water partition coefficient (Wildman–Crippen LogP) is 0.312. The molecule has 0 radical (unpaired) electrons. The molecule has 1 aromatic rings. The van der Waals surface area contributed by atoms with Gasteiger partial charge in [-0.05, 0) is 18.9 Å². The highest BCUT2D eigenvalue weighted by Gasteiger charge is 2.58. The monoisotopic (exact) mass is 346 g/mol. The molecule has 1 aromatic heterocycles. The number of ether oxygens (including phenoxy) is 1. The van der Waals surface area contributed by atoms with Crippen LogP contribution in [0.4, 0.5) is 0 Å². The molecule has 7 heteroatoms. The summed E-state index contributed by atoms with van der Waals surface area (Å²) in [7, 11) is 1.31. The van der Waals surface area contributed by atoms with Gasteiger partial charge in [-0.25, -0.2) is 0 Å². The van der Waals surface area contributed by atoms with E-state index in [2.05, 4.69) is 0 Å². The van der Waals surface area contributed by atoms with Gasteiger partial charge in [-0.2, -0.15) is 0 Å². The number of carbonyl (C=O) groups excluding carboxylic acids is 2. The first-order valence-electron chi connectivity index (χ1n) is 8.79. The number of amides is 1. The van der Waals surface area contributed by atoms with Crippen LogP contribution in [0.25, 0.3) is 0 Å². The van der Waals surface area contributed by atoms with Gasteiger partial charge in [-0.1, -0.05) is 12.5 Å². The van der Waals surface area contributed by atoms with E-state index in [1.807, 2.05) is 0 Å². The summed E-state index contributed by atoms with van der Waals surface area (Å²) in [6.07, 6.45) is 2.77. The maximum absolute atomic E-state index is 13.1. The Bertz CT molecular complexity index is 769. The van der Waals surface area contributed by atoms with E-state index in [-0.39, 0.29) is 30.0 Å². The number of hydrogen-bond donors (Lipinski definition) is 1. The van der Waals surface area contributed by atoms with Crippen molar-refractivity contribution < 1.29 is 19.4 Å². The van der Waals surface area contributed by atoms with Gasteiger partial charge in [0.25, 0.3) is 5.56 Å². The van der Waals surface area contributed by atoms with Crippen LogP contribution in [0, 0.1) is 17.8 Å². The van der Waals surface area contributed by atoms with E-state index in [1.54, 1.807) is 21.6 Å². The summed E-state index contributed by atoms with van der Waals surface area (Å²) in [6, 6.07) is 4.01. The highest BCUT2D eigenvalue weighted by Crippen LogP contribution is 2.50. The molecule has 1 saturated heterocycles. The van der Waals surface area contributed by atoms with Gasteiger partial charge in [0.2, 0.25) is 5.91 Å². The van der Waals surface area contributed by atoms with Crippen LogP contribution in [0.15, 0.2) is 23.0 Å². The minimum atomic E-state index is -0.653. The summed E-state index contributed by atoms with van der Waals surface area (Å²) in [6.45, 7) is 0.0841. The Hall–Kier alpha value is -2.15. The van der Waals surface area contributed by atoms with E-state index in [0.29, 0.717) is 12.2 Å². The number of hydrogen-bond acceptors (Lipinski definition) is 5. The van der Waals surface area contributed by atoms with E-state index in [0.717, 1.165) is 19.3 Å². The molecular formula is C18H22N2O5. The largest absolute Gasteiger partial charge is 0.469 e. The van der Waals surface area contributed by atoms with Gasteiger partial charge in [0.05, 0.1) is 25.1 Å². The molecule has 3 aliphatic rings. The highest BCUT2D eigenvalue weighted by atomic mass is 16.5. The number of fused-ring (bicyclic) bond motifs is 4. The summed E-state index contributed by atoms with van der Waals surface area (Å²) in [4.78, 5) is 39.6. The van der Waals surface area contributed by atoms with Crippen molar-refractivity contribution in [2.75, 3.05) is 13.7 Å². The van der Waals surface area contributed by atoms with E-state index in [1.165, 1.54) is 13.2 Å². The Kier molecular flexibility index (Phi) is 3.91. The van der Waals surface area contributed by atoms with Crippen LogP contribution < -0.4 is 5.56 Å². The van der Waals surface area contributed by atoms with Gasteiger partial charge < -0.3 is 19.3 Å². The van der Waals surface area contributed by atoms with Crippen molar-refractivity contribution in [2.45, 2.75) is 37.9 Å². The highest BCUT2D eigenvalue weighted by molar-refractivity contribution is 5.83. The summed E-state index contributed by atoms with van der Waals surface area (Å²) in [5, 5.41) is 9.95. The van der Waals surface area contributed by atoms with Gasteiger partial charge in [0.1, 0.15) is 0 Å². The smallest absolute Gasteiger partial charge is 0.311 e. The van der Waals surface area contributed by atoms with Crippen LogP contribution in [0.5, 0.6) is 0 Å². The molecule has 7 nitrogen and oxygen atoms in total. The third-order valence-electron chi connectivity index (χ3n) is 6.10. The van der Waals surface area contributed by atoms with Gasteiger partial charge in [0, 0.05) is 36.7 Å². The number of nitrogens with zero attached hydrogens (tertiary/aromatic N) is 2. The fraction of sp³-hybridized carbons (Fsp3) is 0.611. The Balaban J connectivity index is 1.85. The molecule has 2 bridgehead atoms. The molecule has 25 heavy (non-hydrogen) atoms. The van der Waals surface area contributed by atoms with E-state index < -0.39 is 23.8 Å². The number of pyridine rings is 1. The molecule has 2 aliphatic heterocycles. The van der Waals surface area contributed by atoms with Gasteiger partial charge in [-0.15, -0.1) is 0 Å². The van der Waals surface area contributed by atoms with Crippen LogP contribution in [-0.4, -0.2) is 46.2 Å². The Morgan fingerprint density at radius 3 is 2.68 bits per heavy atom. The summed E-state index contributed by atoms with van der Waals surface area (Å²) in [5.74, 6) is -1.50. The normalized spacial score (nSPS) is 30.6. The third kappa shape index (κ3) is 2.25. The molecular weight excluding hydrogens is 324 g/mol. The molecule has 4 atom stereocenters. The fourth-order valence-electron chi connectivity index (χ4n) is 4.63. The Morgan fingerprint density at radius 2 is 2.08 bits per heavy atom. The molecule has 1 aliphatic carbocycles. The van der Waals surface area contributed by atoms with Crippen molar-refractivity contribution >= 4 is 11.9 Å². The van der Waals surface area contributed by atoms with Crippen molar-refractivity contribution in [3.05, 3.63) is 34.2 Å². The number of aliphatic hydroxyl groups excluding tert-OH is 1. The minimum Gasteiger partial charge on any atom is -0.469 e. The lowest BCUT2D eigenvalue weighted by atomic mass is 9.83. The minimum absolute atomic E-state index is 0.0114. The third-order valence-corrected chi connectivity index (χ3v) is 6.10. The van der Waals surface area contributed by atoms with Crippen molar-refractivity contribution in [3.63, 3.8) is 0 Å². The molecule has 2 fully saturated rings. The van der Waals surface area contributed by atoms with Gasteiger partial charge in [0.15, 0.2) is 0 Å². The van der Waals surface area contributed by atoms with Crippen molar-refractivity contribution in [1.82, 2.24) is 9.47 Å². The Morgan fingerprint density at radius 1 is 1.32 bits per heavy atom. The lowest BCUT2D eigenvalue weighted by Gasteiger charge is -2.41. The van der Waals surface area contributed by atoms with Crippen molar-refractivity contribution in [1.29, 1.82) is 0 Å². The number of methoxy groups -OCH3 is 1. The first kappa shape index (κ1) is 16.3. The second-order valence-electron chi connectivity index (χ2n) is 7.18. The molecule has 3 heterocycles. The summed E-state index contributed by atoms with van der Waals surface area (Å²) in [5.41, 5.74) is 0.508. The molecule has 0 unspecified atom stereocenters. The average molecular weight is 346 g/mol. The lowest BCUT2D eigenvalue weighted by molar-refractivity contribution is -0.149. The molecule has 0 spiro atoms. The van der Waals surface area contributed by atoms with Crippen LogP contribution in [0.1, 0.15) is 31.0 Å². The van der Waals surface area contributed by atoms with Crippen LogP contribution in [-0.2, 0) is 20.9 Å². The van der Waals surface area contributed by atoms with E-state index >= 15 is 0 Å². The van der Waals surface area contributed by atoms with Crippen LogP contribution in [0.2, 0.25) is 0 Å². The average Bonchev–Trinajstić information content (AvgIpc) is 2.80. The molecule has 1 saturated carbocycles. The fourth-order valence-corrected chi connectivity index (χ4v) is 4.63. The topological polar surface area (TPSA) is 88.8 Å². The maximum Gasteiger partial charge on any atom is 0.311 e. The molecule has 134 valence electrons. The molecule has 0 aromatic carbocycles. The van der Waals surface area contributed by atoms with Crippen LogP contribution in [0.3, 0.4) is 0 Å². The first-order valence-corrected chi connectivity index (χ1v) is 8.79. The summed E-state index contributed by atoms with van der Waals surface area (Å²) < 4.78 is 6.60. The number of carbonyl (C=O) groups is 2. The molecule has 1 amide bonds. The molecule has 1 N–H and O–H groups in total. The predicted molar refractivity (Wildman–Crippen MR) is 87.5 cm³/mol. The van der Waals surface area contributed by atoms with Crippen molar-refractivity contribution in [3.8, 4) is 0 Å². The first-order chi connectivity index (χ1) is 12.1. The van der Waals surface area contributed by atoms with E-state index in [4.69, 9.17) is 4.74 Å². The molecule has 4 rings (SSSR count). The van der Waals surface area contributed by atoms with Crippen molar-refractivity contribution in [2.24, 2.45) is 17.8 Å². The van der Waals surface area contributed by atoms with Gasteiger partial charge in [-0.3, -0.25) is 14.4 Å². The number of esters is 1. The van der Waals surface area contributed by atoms with E-state index in [9.17, 15) is 19.5 Å². The zero-order valence-corrected chi connectivity index (χ0v) is 14.1. The zero-order chi connectivity index (χ0) is 17.7. The SMILES string of the molecule is COC(=O)[C@@H]1[C@@H](CO)[C@@H]2Cn3c(cccc3=O)[C@H]1N2C(=O)C1CCC1. The number of rotatable bonds is 3. The Labute approximate surface area is 145 Å². The number of aliphatic hydroxyl groups is 1. The maximum atomic E-state index is 13.1. The lowest BCUT2D eigenvalue weighted by Crippen LogP contribution is -2.51.